The Hall–Kier alpha value is -2.33. The van der Waals surface area contributed by atoms with E-state index >= 15 is 0 Å². The largest absolute Gasteiger partial charge is 0.497 e. The molecule has 0 atom stereocenters. The molecule has 1 amide bonds. The van der Waals surface area contributed by atoms with Gasteiger partial charge in [0.1, 0.15) is 5.75 Å². The molecule has 4 heteroatoms. The fraction of sp³-hybridized carbons (Fsp3) is 0.188. The highest BCUT2D eigenvalue weighted by Crippen LogP contribution is 2.25. The minimum Gasteiger partial charge on any atom is -0.497 e. The van der Waals surface area contributed by atoms with Crippen LogP contribution in [-0.2, 0) is 11.3 Å². The standard InChI is InChI=1S/C16H18N2O2/c1-20-14-8-6-12(7-9-14)15-5-3-2-4-13(15)10-18-11-16(17)19/h2-9,18H,10-11H2,1H3,(H2,17,19). The molecule has 0 aromatic heterocycles. The number of primary amides is 1. The zero-order chi connectivity index (χ0) is 14.4. The highest BCUT2D eigenvalue weighted by molar-refractivity contribution is 5.76. The highest BCUT2D eigenvalue weighted by atomic mass is 16.5. The van der Waals surface area contributed by atoms with E-state index < -0.39 is 0 Å². The Morgan fingerprint density at radius 2 is 1.85 bits per heavy atom. The Balaban J connectivity index is 2.19. The molecule has 0 fully saturated rings. The van der Waals surface area contributed by atoms with Gasteiger partial charge in [0, 0.05) is 6.54 Å². The van der Waals surface area contributed by atoms with Gasteiger partial charge < -0.3 is 15.8 Å². The van der Waals surface area contributed by atoms with E-state index in [1.54, 1.807) is 7.11 Å². The topological polar surface area (TPSA) is 64.3 Å². The van der Waals surface area contributed by atoms with Crippen molar-refractivity contribution in [3.8, 4) is 16.9 Å². The lowest BCUT2D eigenvalue weighted by Gasteiger charge is -2.10. The van der Waals surface area contributed by atoms with E-state index in [4.69, 9.17) is 10.5 Å². The van der Waals surface area contributed by atoms with E-state index in [0.29, 0.717) is 6.54 Å². The van der Waals surface area contributed by atoms with Gasteiger partial charge in [-0.15, -0.1) is 0 Å². The Morgan fingerprint density at radius 3 is 2.50 bits per heavy atom. The number of hydrogen-bond donors (Lipinski definition) is 2. The summed E-state index contributed by atoms with van der Waals surface area (Å²) in [5.74, 6) is 0.477. The molecular weight excluding hydrogens is 252 g/mol. The van der Waals surface area contributed by atoms with Crippen molar-refractivity contribution < 1.29 is 9.53 Å². The average molecular weight is 270 g/mol. The second-order valence-electron chi connectivity index (χ2n) is 4.46. The van der Waals surface area contributed by atoms with E-state index in [1.807, 2.05) is 42.5 Å². The molecule has 2 aromatic carbocycles. The predicted octanol–water partition coefficient (Wildman–Crippen LogP) is 1.94. The van der Waals surface area contributed by atoms with Crippen LogP contribution in [-0.4, -0.2) is 19.6 Å². The summed E-state index contributed by atoms with van der Waals surface area (Å²) in [6, 6.07) is 16.0. The molecule has 0 bridgehead atoms. The molecule has 0 saturated heterocycles. The third-order valence-corrected chi connectivity index (χ3v) is 3.03. The smallest absolute Gasteiger partial charge is 0.231 e. The molecule has 3 N–H and O–H groups in total. The number of rotatable bonds is 6. The number of hydrogen-bond acceptors (Lipinski definition) is 3. The second-order valence-corrected chi connectivity index (χ2v) is 4.46. The summed E-state index contributed by atoms with van der Waals surface area (Å²) in [5, 5.41) is 3.03. The van der Waals surface area contributed by atoms with Gasteiger partial charge in [-0.05, 0) is 28.8 Å². The van der Waals surface area contributed by atoms with Crippen molar-refractivity contribution in [2.45, 2.75) is 6.54 Å². The minimum absolute atomic E-state index is 0.178. The van der Waals surface area contributed by atoms with Crippen LogP contribution in [0.1, 0.15) is 5.56 Å². The molecule has 20 heavy (non-hydrogen) atoms. The van der Waals surface area contributed by atoms with Crippen LogP contribution in [0.15, 0.2) is 48.5 Å². The van der Waals surface area contributed by atoms with Crippen molar-refractivity contribution in [2.75, 3.05) is 13.7 Å². The van der Waals surface area contributed by atoms with Crippen LogP contribution < -0.4 is 15.8 Å². The molecular formula is C16H18N2O2. The lowest BCUT2D eigenvalue weighted by molar-refractivity contribution is -0.117. The molecule has 0 heterocycles. The summed E-state index contributed by atoms with van der Waals surface area (Å²) in [4.78, 5) is 10.8. The van der Waals surface area contributed by atoms with E-state index in [9.17, 15) is 4.79 Å². The van der Waals surface area contributed by atoms with Crippen molar-refractivity contribution in [2.24, 2.45) is 5.73 Å². The highest BCUT2D eigenvalue weighted by Gasteiger charge is 2.05. The molecule has 0 radical (unpaired) electrons. The minimum atomic E-state index is -0.355. The molecule has 4 nitrogen and oxygen atoms in total. The molecule has 2 rings (SSSR count). The summed E-state index contributed by atoms with van der Waals surface area (Å²) in [7, 11) is 1.65. The molecule has 0 aliphatic rings. The fourth-order valence-corrected chi connectivity index (χ4v) is 2.05. The summed E-state index contributed by atoms with van der Waals surface area (Å²) in [5.41, 5.74) is 8.49. The number of carbonyl (C=O) groups is 1. The Bertz CT molecular complexity index is 579. The molecule has 104 valence electrons. The van der Waals surface area contributed by atoms with Gasteiger partial charge in [0.25, 0.3) is 0 Å². The zero-order valence-corrected chi connectivity index (χ0v) is 11.4. The van der Waals surface area contributed by atoms with Crippen LogP contribution in [0.5, 0.6) is 5.75 Å². The van der Waals surface area contributed by atoms with Gasteiger partial charge in [-0.2, -0.15) is 0 Å². The molecule has 2 aromatic rings. The first kappa shape index (κ1) is 14.1. The molecule has 0 aliphatic heterocycles. The van der Waals surface area contributed by atoms with E-state index in [2.05, 4.69) is 11.4 Å². The van der Waals surface area contributed by atoms with Crippen LogP contribution in [0.3, 0.4) is 0 Å². The maximum atomic E-state index is 10.8. The molecule has 0 spiro atoms. The number of carbonyl (C=O) groups excluding carboxylic acids is 1. The third-order valence-electron chi connectivity index (χ3n) is 3.03. The normalized spacial score (nSPS) is 10.2. The number of ether oxygens (including phenoxy) is 1. The number of nitrogens with one attached hydrogen (secondary N) is 1. The van der Waals surface area contributed by atoms with Gasteiger partial charge in [-0.25, -0.2) is 0 Å². The summed E-state index contributed by atoms with van der Waals surface area (Å²) in [6.07, 6.45) is 0. The second kappa shape index (κ2) is 6.73. The Labute approximate surface area is 118 Å². The van der Waals surface area contributed by atoms with Crippen molar-refractivity contribution >= 4 is 5.91 Å². The number of benzene rings is 2. The molecule has 0 unspecified atom stereocenters. The number of amides is 1. The Morgan fingerprint density at radius 1 is 1.15 bits per heavy atom. The average Bonchev–Trinajstić information content (AvgIpc) is 2.47. The summed E-state index contributed by atoms with van der Waals surface area (Å²) in [6.45, 7) is 0.780. The van der Waals surface area contributed by atoms with Crippen LogP contribution >= 0.6 is 0 Å². The maximum Gasteiger partial charge on any atom is 0.231 e. The van der Waals surface area contributed by atoms with Crippen molar-refractivity contribution in [3.63, 3.8) is 0 Å². The third kappa shape index (κ3) is 3.59. The quantitative estimate of drug-likeness (QED) is 0.843. The Kier molecular flexibility index (Phi) is 4.74. The lowest BCUT2D eigenvalue weighted by atomic mass is 9.99. The number of methoxy groups -OCH3 is 1. The SMILES string of the molecule is COc1ccc(-c2ccccc2CNCC(N)=O)cc1. The lowest BCUT2D eigenvalue weighted by Crippen LogP contribution is -2.28. The van der Waals surface area contributed by atoms with Crippen LogP contribution in [0.2, 0.25) is 0 Å². The van der Waals surface area contributed by atoms with Crippen molar-refractivity contribution in [1.82, 2.24) is 5.32 Å². The fourth-order valence-electron chi connectivity index (χ4n) is 2.05. The van der Waals surface area contributed by atoms with E-state index in [-0.39, 0.29) is 12.5 Å². The number of nitrogens with two attached hydrogens (primary N) is 1. The zero-order valence-electron chi connectivity index (χ0n) is 11.4. The van der Waals surface area contributed by atoms with Gasteiger partial charge in [-0.3, -0.25) is 4.79 Å². The van der Waals surface area contributed by atoms with Gasteiger partial charge in [0.15, 0.2) is 0 Å². The molecule has 0 saturated carbocycles. The van der Waals surface area contributed by atoms with Crippen molar-refractivity contribution in [1.29, 1.82) is 0 Å². The van der Waals surface area contributed by atoms with E-state index in [1.165, 1.54) is 0 Å². The summed E-state index contributed by atoms with van der Waals surface area (Å²) < 4.78 is 5.16. The van der Waals surface area contributed by atoms with Gasteiger partial charge in [0.2, 0.25) is 5.91 Å². The van der Waals surface area contributed by atoms with Crippen LogP contribution in [0.25, 0.3) is 11.1 Å². The van der Waals surface area contributed by atoms with Gasteiger partial charge >= 0.3 is 0 Å². The van der Waals surface area contributed by atoms with E-state index in [0.717, 1.165) is 22.4 Å². The molecule has 0 aliphatic carbocycles. The van der Waals surface area contributed by atoms with Crippen LogP contribution in [0.4, 0.5) is 0 Å². The van der Waals surface area contributed by atoms with Gasteiger partial charge in [-0.1, -0.05) is 36.4 Å². The maximum absolute atomic E-state index is 10.8. The van der Waals surface area contributed by atoms with Crippen LogP contribution in [0, 0.1) is 0 Å². The van der Waals surface area contributed by atoms with Crippen molar-refractivity contribution in [3.05, 3.63) is 54.1 Å². The first-order valence-corrected chi connectivity index (χ1v) is 6.42. The first-order valence-electron chi connectivity index (χ1n) is 6.42. The van der Waals surface area contributed by atoms with Gasteiger partial charge in [0.05, 0.1) is 13.7 Å². The summed E-state index contributed by atoms with van der Waals surface area (Å²) >= 11 is 0. The monoisotopic (exact) mass is 270 g/mol. The predicted molar refractivity (Wildman–Crippen MR) is 79.3 cm³/mol. The first-order chi connectivity index (χ1) is 9.70.